The molecule has 0 aliphatic rings. The van der Waals surface area contributed by atoms with Crippen LogP contribution in [0.25, 0.3) is 0 Å². The Kier molecular flexibility index (Phi) is 2.85. The second-order valence-electron chi connectivity index (χ2n) is 2.75. The molecule has 0 heterocycles. The summed E-state index contributed by atoms with van der Waals surface area (Å²) in [5.74, 6) is -0.0908. The summed E-state index contributed by atoms with van der Waals surface area (Å²) in [7, 11) is -3.10. The fourth-order valence-electron chi connectivity index (χ4n) is 0.879. The molecule has 1 rings (SSSR count). The van der Waals surface area contributed by atoms with Gasteiger partial charge in [-0.2, -0.15) is 0 Å². The molecule has 15 heavy (non-hydrogen) atoms. The van der Waals surface area contributed by atoms with Gasteiger partial charge in [0, 0.05) is 7.05 Å². The zero-order chi connectivity index (χ0) is 11.6. The van der Waals surface area contributed by atoms with E-state index in [1.165, 1.54) is 12.1 Å². The topological polar surface area (TPSA) is 94.9 Å². The van der Waals surface area contributed by atoms with Crippen LogP contribution in [0.4, 0.5) is 4.79 Å². The first-order chi connectivity index (χ1) is 6.85. The molecule has 0 fully saturated rings. The van der Waals surface area contributed by atoms with Gasteiger partial charge in [-0.25, -0.2) is 17.5 Å². The Morgan fingerprint density at radius 2 is 1.73 bits per heavy atom. The first-order valence-electron chi connectivity index (χ1n) is 3.86. The van der Waals surface area contributed by atoms with Crippen LogP contribution in [0, 0.1) is 0 Å². The molecule has 1 aromatic rings. The molecule has 1 aromatic carbocycles. The monoisotopic (exact) mass is 231 g/mol. The number of amides is 1. The van der Waals surface area contributed by atoms with Gasteiger partial charge in [-0.15, -0.1) is 0 Å². The largest absolute Gasteiger partial charge is 0.508 e. The van der Waals surface area contributed by atoms with Crippen molar-refractivity contribution in [2.24, 2.45) is 0 Å². The number of benzene rings is 1. The maximum absolute atomic E-state index is 11.5. The number of phenolic OH excluding ortho intramolecular Hbond substituents is 1. The van der Waals surface area contributed by atoms with E-state index in [0.29, 0.717) is 0 Å². The second-order valence-corrected chi connectivity index (χ2v) is 4.72. The third-order valence-corrected chi connectivity index (χ3v) is 3.51. The summed E-state index contributed by atoms with van der Waals surface area (Å²) in [6, 6.07) is 4.60. The quantitative estimate of drug-likeness (QED) is 0.780. The van der Waals surface area contributed by atoms with Crippen molar-refractivity contribution in [1.29, 1.82) is 0 Å². The minimum atomic E-state index is -4.03. The Balaban J connectivity index is 3.17. The summed E-state index contributed by atoms with van der Waals surface area (Å²) in [5, 5.41) is 17.5. The molecule has 0 aliphatic heterocycles. The van der Waals surface area contributed by atoms with Gasteiger partial charge in [-0.3, -0.25) is 0 Å². The highest BCUT2D eigenvalue weighted by atomic mass is 32.2. The summed E-state index contributed by atoms with van der Waals surface area (Å²) in [4.78, 5) is 10.3. The number of carbonyl (C=O) groups is 1. The SMILES string of the molecule is CN(C(=O)O)S(=O)(=O)c1ccc(O)cc1. The molecule has 0 unspecified atom stereocenters. The first-order valence-corrected chi connectivity index (χ1v) is 5.30. The maximum atomic E-state index is 11.5. The fourth-order valence-corrected chi connectivity index (χ4v) is 1.88. The number of aromatic hydroxyl groups is 1. The third kappa shape index (κ3) is 2.18. The lowest BCUT2D eigenvalue weighted by Gasteiger charge is -2.13. The van der Waals surface area contributed by atoms with Crippen molar-refractivity contribution in [2.75, 3.05) is 7.05 Å². The smallest absolute Gasteiger partial charge is 0.421 e. The first kappa shape index (κ1) is 11.3. The Morgan fingerprint density at radius 1 is 1.27 bits per heavy atom. The molecule has 0 radical (unpaired) electrons. The Bertz CT molecular complexity index is 464. The Morgan fingerprint density at radius 3 is 2.13 bits per heavy atom. The van der Waals surface area contributed by atoms with Gasteiger partial charge < -0.3 is 10.2 Å². The van der Waals surface area contributed by atoms with E-state index in [1.807, 2.05) is 0 Å². The highest BCUT2D eigenvalue weighted by Gasteiger charge is 2.24. The molecule has 0 aliphatic carbocycles. The van der Waals surface area contributed by atoms with Crippen LogP contribution in [0.2, 0.25) is 0 Å². The molecular weight excluding hydrogens is 222 g/mol. The predicted octanol–water partition coefficient (Wildman–Crippen LogP) is 0.691. The van der Waals surface area contributed by atoms with Gasteiger partial charge in [-0.1, -0.05) is 0 Å². The minimum Gasteiger partial charge on any atom is -0.508 e. The number of sulfonamides is 1. The molecule has 0 saturated heterocycles. The number of nitrogens with zero attached hydrogens (tertiary/aromatic N) is 1. The van der Waals surface area contributed by atoms with Crippen molar-refractivity contribution in [3.63, 3.8) is 0 Å². The average Bonchev–Trinajstić information content (AvgIpc) is 2.17. The van der Waals surface area contributed by atoms with Gasteiger partial charge in [0.2, 0.25) is 0 Å². The van der Waals surface area contributed by atoms with Gasteiger partial charge in [0.05, 0.1) is 4.90 Å². The Hall–Kier alpha value is -1.76. The lowest BCUT2D eigenvalue weighted by Crippen LogP contribution is -2.31. The van der Waals surface area contributed by atoms with Gasteiger partial charge in [0.1, 0.15) is 5.75 Å². The summed E-state index contributed by atoms with van der Waals surface area (Å²) < 4.78 is 23.3. The lowest BCUT2D eigenvalue weighted by atomic mass is 10.3. The van der Waals surface area contributed by atoms with Crippen molar-refractivity contribution < 1.29 is 23.4 Å². The minimum absolute atomic E-state index is 0.0908. The third-order valence-electron chi connectivity index (χ3n) is 1.76. The van der Waals surface area contributed by atoms with E-state index in [2.05, 4.69) is 0 Å². The van der Waals surface area contributed by atoms with Gasteiger partial charge >= 0.3 is 6.09 Å². The summed E-state index contributed by atoms with van der Waals surface area (Å²) in [6.07, 6.45) is -1.57. The molecule has 0 spiro atoms. The van der Waals surface area contributed by atoms with E-state index >= 15 is 0 Å². The van der Waals surface area contributed by atoms with Crippen LogP contribution in [0.3, 0.4) is 0 Å². The standard InChI is InChI=1S/C8H9NO5S/c1-9(8(11)12)15(13,14)7-4-2-6(10)3-5-7/h2-5,10H,1H3,(H,11,12). The van der Waals surface area contributed by atoms with E-state index < -0.39 is 16.1 Å². The van der Waals surface area contributed by atoms with Crippen LogP contribution in [0.5, 0.6) is 5.75 Å². The van der Waals surface area contributed by atoms with Gasteiger partial charge in [0.15, 0.2) is 0 Å². The van der Waals surface area contributed by atoms with E-state index in [4.69, 9.17) is 10.2 Å². The number of rotatable bonds is 2. The number of hydrogen-bond acceptors (Lipinski definition) is 4. The van der Waals surface area contributed by atoms with Crippen LogP contribution < -0.4 is 0 Å². The van der Waals surface area contributed by atoms with E-state index in [-0.39, 0.29) is 15.0 Å². The maximum Gasteiger partial charge on any atom is 0.421 e. The highest BCUT2D eigenvalue weighted by Crippen LogP contribution is 2.17. The zero-order valence-corrected chi connectivity index (χ0v) is 8.60. The second kappa shape index (κ2) is 3.77. The molecule has 7 heteroatoms. The van der Waals surface area contributed by atoms with E-state index in [9.17, 15) is 13.2 Å². The van der Waals surface area contributed by atoms with E-state index in [1.54, 1.807) is 0 Å². The summed E-state index contributed by atoms with van der Waals surface area (Å²) in [6.45, 7) is 0. The molecule has 2 N–H and O–H groups in total. The van der Waals surface area contributed by atoms with Crippen molar-refractivity contribution in [3.8, 4) is 5.75 Å². The fraction of sp³-hybridized carbons (Fsp3) is 0.125. The normalized spacial score (nSPS) is 11.0. The van der Waals surface area contributed by atoms with Crippen LogP contribution in [-0.2, 0) is 10.0 Å². The zero-order valence-electron chi connectivity index (χ0n) is 7.78. The molecule has 0 atom stereocenters. The van der Waals surface area contributed by atoms with Crippen LogP contribution >= 0.6 is 0 Å². The summed E-state index contributed by atoms with van der Waals surface area (Å²) >= 11 is 0. The molecular formula is C8H9NO5S. The van der Waals surface area contributed by atoms with Crippen molar-refractivity contribution in [1.82, 2.24) is 4.31 Å². The molecule has 0 bridgehead atoms. The number of phenols is 1. The molecule has 0 saturated carbocycles. The van der Waals surface area contributed by atoms with Crippen molar-refractivity contribution in [2.45, 2.75) is 4.90 Å². The molecule has 0 aromatic heterocycles. The van der Waals surface area contributed by atoms with Crippen LogP contribution in [-0.4, -0.2) is 36.1 Å². The average molecular weight is 231 g/mol. The van der Waals surface area contributed by atoms with Crippen LogP contribution in [0.15, 0.2) is 29.2 Å². The molecule has 6 nitrogen and oxygen atoms in total. The Labute approximate surface area is 86.4 Å². The molecule has 82 valence electrons. The van der Waals surface area contributed by atoms with Gasteiger partial charge in [-0.05, 0) is 24.3 Å². The summed E-state index contributed by atoms with van der Waals surface area (Å²) in [5.41, 5.74) is 0. The van der Waals surface area contributed by atoms with Crippen molar-refractivity contribution in [3.05, 3.63) is 24.3 Å². The number of hydrogen-bond donors (Lipinski definition) is 2. The van der Waals surface area contributed by atoms with Gasteiger partial charge in [0.25, 0.3) is 10.0 Å². The predicted molar refractivity (Wildman–Crippen MR) is 51.1 cm³/mol. The van der Waals surface area contributed by atoms with E-state index in [0.717, 1.165) is 19.2 Å². The van der Waals surface area contributed by atoms with Crippen LogP contribution in [0.1, 0.15) is 0 Å². The number of carboxylic acid groups (broad SMARTS) is 1. The highest BCUT2D eigenvalue weighted by molar-refractivity contribution is 7.89. The molecule has 1 amide bonds. The lowest BCUT2D eigenvalue weighted by molar-refractivity contribution is 0.178. The van der Waals surface area contributed by atoms with Crippen molar-refractivity contribution >= 4 is 16.1 Å².